The first-order valence-electron chi connectivity index (χ1n) is 8.17. The molecule has 1 heterocycles. The van der Waals surface area contributed by atoms with Gasteiger partial charge in [0, 0.05) is 23.3 Å². The highest BCUT2D eigenvalue weighted by Crippen LogP contribution is 2.55. The van der Waals surface area contributed by atoms with Gasteiger partial charge >= 0.3 is 6.03 Å². The first-order valence-corrected chi connectivity index (χ1v) is 8.17. The highest BCUT2D eigenvalue weighted by molar-refractivity contribution is 5.75. The fraction of sp³-hybridized carbons (Fsp3) is 0.750. The minimum absolute atomic E-state index is 0.0162. The lowest BCUT2D eigenvalue weighted by molar-refractivity contribution is -0.0135. The Morgan fingerprint density at radius 2 is 1.90 bits per heavy atom. The molecule has 0 atom stereocenters. The number of urea groups is 1. The van der Waals surface area contributed by atoms with Crippen molar-refractivity contribution in [2.24, 2.45) is 17.8 Å². The molecule has 2 amide bonds. The number of carbonyl (C=O) groups excluding carboxylic acids is 1. The zero-order valence-electron chi connectivity index (χ0n) is 12.6. The molecule has 0 unspecified atom stereocenters. The van der Waals surface area contributed by atoms with Crippen molar-refractivity contribution in [3.63, 3.8) is 0 Å². The summed E-state index contributed by atoms with van der Waals surface area (Å²) in [7, 11) is 0. The molecule has 0 radical (unpaired) electrons. The van der Waals surface area contributed by atoms with Crippen LogP contribution in [0, 0.1) is 24.7 Å². The quantitative estimate of drug-likeness (QED) is 0.799. The number of aromatic amines is 1. The SMILES string of the molecule is Cc1[nH]ncc1CNC(=O)NC12CC3CC(CC(C3)C1)C2. The van der Waals surface area contributed by atoms with E-state index in [1.165, 1.54) is 38.5 Å². The Balaban J connectivity index is 1.37. The van der Waals surface area contributed by atoms with E-state index in [9.17, 15) is 4.79 Å². The molecule has 114 valence electrons. The smallest absolute Gasteiger partial charge is 0.315 e. The second kappa shape index (κ2) is 4.75. The van der Waals surface area contributed by atoms with E-state index in [0.717, 1.165) is 29.0 Å². The Bertz CT molecular complexity index is 515. The monoisotopic (exact) mass is 288 g/mol. The molecule has 4 bridgehead atoms. The van der Waals surface area contributed by atoms with Crippen LogP contribution in [-0.4, -0.2) is 21.8 Å². The molecule has 0 saturated heterocycles. The van der Waals surface area contributed by atoms with Gasteiger partial charge in [0.2, 0.25) is 0 Å². The number of rotatable bonds is 3. The van der Waals surface area contributed by atoms with E-state index in [1.807, 2.05) is 6.92 Å². The Morgan fingerprint density at radius 3 is 2.43 bits per heavy atom. The van der Waals surface area contributed by atoms with Crippen molar-refractivity contribution >= 4 is 6.03 Å². The molecule has 4 aliphatic carbocycles. The zero-order chi connectivity index (χ0) is 14.4. The van der Waals surface area contributed by atoms with Gasteiger partial charge in [0.15, 0.2) is 0 Å². The zero-order valence-corrected chi connectivity index (χ0v) is 12.6. The molecule has 0 aromatic carbocycles. The normalized spacial score (nSPS) is 36.7. The van der Waals surface area contributed by atoms with Crippen molar-refractivity contribution in [1.29, 1.82) is 0 Å². The van der Waals surface area contributed by atoms with Crippen LogP contribution in [0.3, 0.4) is 0 Å². The predicted molar refractivity (Wildman–Crippen MR) is 79.6 cm³/mol. The average Bonchev–Trinajstić information content (AvgIpc) is 2.79. The van der Waals surface area contributed by atoms with Crippen LogP contribution in [0.5, 0.6) is 0 Å². The number of amides is 2. The van der Waals surface area contributed by atoms with Crippen LogP contribution in [-0.2, 0) is 6.54 Å². The number of nitrogens with one attached hydrogen (secondary N) is 3. The summed E-state index contributed by atoms with van der Waals surface area (Å²) in [5.74, 6) is 2.56. The molecule has 0 aliphatic heterocycles. The Labute approximate surface area is 125 Å². The van der Waals surface area contributed by atoms with E-state index >= 15 is 0 Å². The third-order valence-electron chi connectivity index (χ3n) is 5.79. The Hall–Kier alpha value is -1.52. The number of aromatic nitrogens is 2. The summed E-state index contributed by atoms with van der Waals surface area (Å²) in [6, 6.07) is -0.0162. The maximum atomic E-state index is 12.3. The van der Waals surface area contributed by atoms with Crippen molar-refractivity contribution in [3.8, 4) is 0 Å². The van der Waals surface area contributed by atoms with Crippen molar-refractivity contribution in [2.45, 2.75) is 57.5 Å². The minimum atomic E-state index is -0.0162. The van der Waals surface area contributed by atoms with Crippen LogP contribution < -0.4 is 10.6 Å². The van der Waals surface area contributed by atoms with Crippen molar-refractivity contribution < 1.29 is 4.79 Å². The molecule has 4 saturated carbocycles. The van der Waals surface area contributed by atoms with Crippen LogP contribution >= 0.6 is 0 Å². The first-order chi connectivity index (χ1) is 10.1. The molecule has 1 aromatic heterocycles. The number of aryl methyl sites for hydroxylation is 1. The summed E-state index contributed by atoms with van der Waals surface area (Å²) in [6.45, 7) is 2.52. The van der Waals surface area contributed by atoms with Gasteiger partial charge in [-0.2, -0.15) is 5.10 Å². The molecule has 3 N–H and O–H groups in total. The van der Waals surface area contributed by atoms with E-state index in [1.54, 1.807) is 6.20 Å². The van der Waals surface area contributed by atoms with Gasteiger partial charge in [-0.3, -0.25) is 5.10 Å². The van der Waals surface area contributed by atoms with Gasteiger partial charge in [0.05, 0.1) is 6.20 Å². The van der Waals surface area contributed by atoms with E-state index in [2.05, 4.69) is 20.8 Å². The van der Waals surface area contributed by atoms with Gasteiger partial charge in [-0.1, -0.05) is 0 Å². The summed E-state index contributed by atoms with van der Waals surface area (Å²) in [6.07, 6.45) is 9.55. The summed E-state index contributed by atoms with van der Waals surface area (Å²) in [4.78, 5) is 12.3. The topological polar surface area (TPSA) is 69.8 Å². The molecule has 0 spiro atoms. The molecular formula is C16H24N4O. The van der Waals surface area contributed by atoms with E-state index in [-0.39, 0.29) is 11.6 Å². The van der Waals surface area contributed by atoms with Crippen molar-refractivity contribution in [1.82, 2.24) is 20.8 Å². The lowest BCUT2D eigenvalue weighted by atomic mass is 9.53. The molecule has 21 heavy (non-hydrogen) atoms. The van der Waals surface area contributed by atoms with Crippen LogP contribution in [0.15, 0.2) is 6.20 Å². The molecule has 4 aliphatic rings. The third-order valence-corrected chi connectivity index (χ3v) is 5.79. The summed E-state index contributed by atoms with van der Waals surface area (Å²) in [5.41, 5.74) is 2.16. The van der Waals surface area contributed by atoms with Gasteiger partial charge in [0.1, 0.15) is 0 Å². The molecular weight excluding hydrogens is 264 g/mol. The number of hydrogen-bond acceptors (Lipinski definition) is 2. The standard InChI is InChI=1S/C16H24N4O/c1-10-14(9-18-20-10)8-17-15(21)19-16-5-11-2-12(6-16)4-13(3-11)7-16/h9,11-13H,2-8H2,1H3,(H,18,20)(H2,17,19,21). The highest BCUT2D eigenvalue weighted by atomic mass is 16.2. The van der Waals surface area contributed by atoms with Crippen LogP contribution in [0.1, 0.15) is 49.8 Å². The van der Waals surface area contributed by atoms with Crippen LogP contribution in [0.25, 0.3) is 0 Å². The Morgan fingerprint density at radius 1 is 1.29 bits per heavy atom. The second-order valence-corrected chi connectivity index (χ2v) is 7.53. The van der Waals surface area contributed by atoms with E-state index in [4.69, 9.17) is 0 Å². The lowest BCUT2D eigenvalue weighted by Gasteiger charge is -2.56. The molecule has 5 rings (SSSR count). The largest absolute Gasteiger partial charge is 0.334 e. The summed E-state index contributed by atoms with van der Waals surface area (Å²) in [5, 5.41) is 13.2. The second-order valence-electron chi connectivity index (χ2n) is 7.53. The van der Waals surface area contributed by atoms with Gasteiger partial charge in [0.25, 0.3) is 0 Å². The Kier molecular flexibility index (Phi) is 2.98. The third kappa shape index (κ3) is 2.43. The van der Waals surface area contributed by atoms with Gasteiger partial charge in [-0.25, -0.2) is 4.79 Å². The van der Waals surface area contributed by atoms with Crippen molar-refractivity contribution in [2.75, 3.05) is 0 Å². The fourth-order valence-electron chi connectivity index (χ4n) is 5.28. The minimum Gasteiger partial charge on any atom is -0.334 e. The van der Waals surface area contributed by atoms with E-state index in [0.29, 0.717) is 6.54 Å². The predicted octanol–water partition coefficient (Wildman–Crippen LogP) is 2.49. The van der Waals surface area contributed by atoms with Gasteiger partial charge < -0.3 is 10.6 Å². The average molecular weight is 288 g/mol. The van der Waals surface area contributed by atoms with Crippen LogP contribution in [0.4, 0.5) is 4.79 Å². The van der Waals surface area contributed by atoms with Crippen LogP contribution in [0.2, 0.25) is 0 Å². The van der Waals surface area contributed by atoms with Crippen molar-refractivity contribution in [3.05, 3.63) is 17.5 Å². The molecule has 5 nitrogen and oxygen atoms in total. The molecule has 1 aromatic rings. The maximum absolute atomic E-state index is 12.3. The van der Waals surface area contributed by atoms with Gasteiger partial charge in [-0.15, -0.1) is 0 Å². The van der Waals surface area contributed by atoms with E-state index < -0.39 is 0 Å². The number of carbonyl (C=O) groups is 1. The molecule has 4 fully saturated rings. The first kappa shape index (κ1) is 13.2. The summed E-state index contributed by atoms with van der Waals surface area (Å²) < 4.78 is 0. The number of hydrogen-bond donors (Lipinski definition) is 3. The summed E-state index contributed by atoms with van der Waals surface area (Å²) >= 11 is 0. The lowest BCUT2D eigenvalue weighted by Crippen LogP contribution is -2.61. The molecule has 5 heteroatoms. The fourth-order valence-corrected chi connectivity index (χ4v) is 5.28. The van der Waals surface area contributed by atoms with Gasteiger partial charge in [-0.05, 0) is 63.2 Å². The highest BCUT2D eigenvalue weighted by Gasteiger charge is 2.51. The number of nitrogens with zero attached hydrogens (tertiary/aromatic N) is 1. The number of H-pyrrole nitrogens is 1. The maximum Gasteiger partial charge on any atom is 0.315 e.